The second-order valence-electron chi connectivity index (χ2n) is 17.0. The summed E-state index contributed by atoms with van der Waals surface area (Å²) in [4.78, 5) is 36.9. The molecule has 0 aromatic carbocycles. The van der Waals surface area contributed by atoms with Crippen molar-refractivity contribution in [3.05, 3.63) is 36.5 Å². The van der Waals surface area contributed by atoms with Gasteiger partial charge in [-0.1, -0.05) is 179 Å². The fourth-order valence-electron chi connectivity index (χ4n) is 6.91. The van der Waals surface area contributed by atoms with Gasteiger partial charge < -0.3 is 28.6 Å². The lowest BCUT2D eigenvalue weighted by Crippen LogP contribution is -2.55. The molecule has 2 unspecified atom stereocenters. The van der Waals surface area contributed by atoms with Crippen LogP contribution in [0.3, 0.4) is 0 Å². The third-order valence-electron chi connectivity index (χ3n) is 10.5. The Morgan fingerprint density at radius 1 is 0.544 bits per heavy atom. The van der Waals surface area contributed by atoms with Crippen LogP contribution in [0.5, 0.6) is 0 Å². The van der Waals surface area contributed by atoms with Crippen LogP contribution < -0.4 is 5.11 Å². The molecule has 0 rings (SSSR count). The number of allylic oxidation sites excluding steroid dienone is 6. The Hall–Kier alpha value is -2.45. The number of rotatable bonds is 42. The highest BCUT2D eigenvalue weighted by molar-refractivity contribution is 5.70. The minimum Gasteiger partial charge on any atom is -0.544 e. The molecule has 0 aliphatic heterocycles. The second-order valence-corrected chi connectivity index (χ2v) is 17.0. The monoisotopic (exact) mass is 804 g/mol. The molecule has 0 fully saturated rings. The number of unbranched alkanes of at least 4 members (excludes halogenated alkanes) is 22. The summed E-state index contributed by atoms with van der Waals surface area (Å²) in [5, 5.41) is 11.6. The maximum Gasteiger partial charge on any atom is 0.306 e. The van der Waals surface area contributed by atoms with Gasteiger partial charge in [0.15, 0.2) is 6.10 Å². The minimum absolute atomic E-state index is 0.0339. The fraction of sp³-hybridized carbons (Fsp3) is 0.816. The average molecular weight is 804 g/mol. The fourth-order valence-corrected chi connectivity index (χ4v) is 6.91. The molecular weight excluding hydrogens is 715 g/mol. The van der Waals surface area contributed by atoms with Gasteiger partial charge in [0.2, 0.25) is 0 Å². The van der Waals surface area contributed by atoms with Gasteiger partial charge in [-0.15, -0.1) is 0 Å². The Balaban J connectivity index is 4.27. The summed E-state index contributed by atoms with van der Waals surface area (Å²) >= 11 is 0. The molecule has 0 N–H and O–H groups in total. The van der Waals surface area contributed by atoms with Crippen molar-refractivity contribution >= 4 is 17.9 Å². The third-order valence-corrected chi connectivity index (χ3v) is 10.5. The lowest BCUT2D eigenvalue weighted by Gasteiger charge is -2.34. The summed E-state index contributed by atoms with van der Waals surface area (Å²) in [6.45, 7) is 4.55. The maximum absolute atomic E-state index is 12.7. The van der Waals surface area contributed by atoms with Crippen molar-refractivity contribution in [2.45, 2.75) is 219 Å². The number of likely N-dealkylation sites (N-methyl/N-ethyl adjacent to an activating group) is 1. The highest BCUT2D eigenvalue weighted by Crippen LogP contribution is 2.16. The smallest absolute Gasteiger partial charge is 0.306 e. The van der Waals surface area contributed by atoms with Crippen molar-refractivity contribution in [1.29, 1.82) is 0 Å². The molecule has 0 bridgehead atoms. The summed E-state index contributed by atoms with van der Waals surface area (Å²) < 4.78 is 17.2. The lowest BCUT2D eigenvalue weighted by molar-refractivity contribution is -0.889. The molecule has 0 aliphatic carbocycles. The van der Waals surface area contributed by atoms with E-state index < -0.39 is 18.1 Å². The van der Waals surface area contributed by atoms with Crippen molar-refractivity contribution in [1.82, 2.24) is 0 Å². The molecule has 0 saturated heterocycles. The number of carboxylic acid groups (broad SMARTS) is 1. The minimum atomic E-state index is -1.13. The van der Waals surface area contributed by atoms with E-state index in [0.29, 0.717) is 12.8 Å². The number of carbonyl (C=O) groups is 3. The van der Waals surface area contributed by atoms with Gasteiger partial charge in [0, 0.05) is 19.3 Å². The molecule has 0 amide bonds. The van der Waals surface area contributed by atoms with E-state index in [9.17, 15) is 19.5 Å². The highest BCUT2D eigenvalue weighted by atomic mass is 16.6. The zero-order chi connectivity index (χ0) is 42.1. The highest BCUT2D eigenvalue weighted by Gasteiger charge is 2.25. The lowest BCUT2D eigenvalue weighted by atomic mass is 10.0. The molecule has 0 spiro atoms. The molecular formula is C49H89NO7. The predicted octanol–water partition coefficient (Wildman–Crippen LogP) is 11.7. The van der Waals surface area contributed by atoms with Crippen LogP contribution in [0.25, 0.3) is 0 Å². The molecule has 2 atom stereocenters. The Morgan fingerprint density at radius 2 is 0.982 bits per heavy atom. The molecule has 0 heterocycles. The number of esters is 2. The number of hydrogen-bond acceptors (Lipinski definition) is 7. The predicted molar refractivity (Wildman–Crippen MR) is 236 cm³/mol. The SMILES string of the molecule is CC/C=C/C/C=C/C/C=C/CCCCCCC(=O)OC(COCCC(C(=O)[O-])[N+](C)(C)C)COC(=O)CCCCCCCCCCCCCCCCCCCCC. The van der Waals surface area contributed by atoms with E-state index >= 15 is 0 Å². The van der Waals surface area contributed by atoms with Crippen molar-refractivity contribution in [3.63, 3.8) is 0 Å². The quantitative estimate of drug-likeness (QED) is 0.0262. The van der Waals surface area contributed by atoms with Crippen LogP contribution >= 0.6 is 0 Å². The van der Waals surface area contributed by atoms with Crippen molar-refractivity contribution < 1.29 is 38.2 Å². The second kappa shape index (κ2) is 40.3. The summed E-state index contributed by atoms with van der Waals surface area (Å²) in [5.41, 5.74) is 0. The van der Waals surface area contributed by atoms with E-state index in [1.807, 2.05) is 0 Å². The zero-order valence-corrected chi connectivity index (χ0v) is 37.8. The van der Waals surface area contributed by atoms with Gasteiger partial charge in [-0.25, -0.2) is 0 Å². The first kappa shape index (κ1) is 54.6. The molecule has 332 valence electrons. The summed E-state index contributed by atoms with van der Waals surface area (Å²) in [5.74, 6) is -1.76. The number of carboxylic acids is 1. The number of nitrogens with zero attached hydrogens (tertiary/aromatic N) is 1. The number of quaternary nitrogens is 1. The molecule has 0 radical (unpaired) electrons. The zero-order valence-electron chi connectivity index (χ0n) is 37.8. The van der Waals surface area contributed by atoms with Crippen molar-refractivity contribution in [2.75, 3.05) is 41.0 Å². The van der Waals surface area contributed by atoms with Crippen LogP contribution in [0.4, 0.5) is 0 Å². The number of aliphatic carboxylic acids is 1. The number of ether oxygens (including phenoxy) is 3. The molecule has 0 aromatic rings. The van der Waals surface area contributed by atoms with Crippen molar-refractivity contribution in [2.24, 2.45) is 0 Å². The van der Waals surface area contributed by atoms with Gasteiger partial charge >= 0.3 is 11.9 Å². The number of hydrogen-bond donors (Lipinski definition) is 0. The molecule has 0 aromatic heterocycles. The summed E-state index contributed by atoms with van der Waals surface area (Å²) in [7, 11) is 5.40. The average Bonchev–Trinajstić information content (AvgIpc) is 3.17. The molecule has 8 nitrogen and oxygen atoms in total. The van der Waals surface area contributed by atoms with E-state index in [0.717, 1.165) is 70.6 Å². The van der Waals surface area contributed by atoms with E-state index in [1.54, 1.807) is 21.1 Å². The Morgan fingerprint density at radius 3 is 1.46 bits per heavy atom. The molecule has 8 heteroatoms. The van der Waals surface area contributed by atoms with E-state index in [1.165, 1.54) is 103 Å². The van der Waals surface area contributed by atoms with Crippen LogP contribution in [0.2, 0.25) is 0 Å². The normalized spacial score (nSPS) is 13.2. The standard InChI is InChI=1S/C49H89NO7/c1-6-8-10-12-14-16-18-20-22-23-24-25-26-28-29-31-33-35-37-39-47(51)56-44-45(43-55-42-41-46(49(53)54)50(3,4)5)57-48(52)40-38-36-34-32-30-27-21-19-17-15-13-11-9-7-2/h9,11,15,17,21,27,45-46H,6-8,10,12-14,16,18-20,22-26,28-44H2,1-5H3/b11-9+,17-15+,27-21+. The van der Waals surface area contributed by atoms with Gasteiger partial charge in [0.1, 0.15) is 12.6 Å². The number of carbonyl (C=O) groups excluding carboxylic acids is 3. The van der Waals surface area contributed by atoms with Crippen molar-refractivity contribution in [3.8, 4) is 0 Å². The first-order chi connectivity index (χ1) is 27.6. The third kappa shape index (κ3) is 38.8. The Kier molecular flexibility index (Phi) is 38.6. The van der Waals surface area contributed by atoms with Crippen LogP contribution in [-0.4, -0.2) is 75.5 Å². The van der Waals surface area contributed by atoms with Crippen LogP contribution in [0.1, 0.15) is 206 Å². The van der Waals surface area contributed by atoms with Crippen LogP contribution in [0.15, 0.2) is 36.5 Å². The van der Waals surface area contributed by atoms with Gasteiger partial charge in [-0.2, -0.15) is 0 Å². The van der Waals surface area contributed by atoms with E-state index in [4.69, 9.17) is 14.2 Å². The molecule has 0 saturated carbocycles. The Bertz CT molecular complexity index is 1030. The van der Waals surface area contributed by atoms with E-state index in [2.05, 4.69) is 50.3 Å². The Labute approximate surface area is 351 Å². The van der Waals surface area contributed by atoms with Crippen LogP contribution in [-0.2, 0) is 28.6 Å². The largest absolute Gasteiger partial charge is 0.544 e. The maximum atomic E-state index is 12.7. The summed E-state index contributed by atoms with van der Waals surface area (Å²) in [6, 6.07) is -0.728. The molecule has 0 aliphatic rings. The topological polar surface area (TPSA) is 102 Å². The summed E-state index contributed by atoms with van der Waals surface area (Å²) in [6.07, 6.45) is 46.0. The van der Waals surface area contributed by atoms with Gasteiger partial charge in [-0.3, -0.25) is 9.59 Å². The van der Waals surface area contributed by atoms with Gasteiger partial charge in [0.25, 0.3) is 0 Å². The van der Waals surface area contributed by atoms with E-state index in [-0.39, 0.29) is 42.7 Å². The van der Waals surface area contributed by atoms with Gasteiger partial charge in [-0.05, 0) is 44.9 Å². The first-order valence-electron chi connectivity index (χ1n) is 23.5. The van der Waals surface area contributed by atoms with Gasteiger partial charge in [0.05, 0.1) is 40.3 Å². The van der Waals surface area contributed by atoms with Crippen LogP contribution in [0, 0.1) is 0 Å². The molecule has 57 heavy (non-hydrogen) atoms. The first-order valence-corrected chi connectivity index (χ1v) is 23.5.